The van der Waals surface area contributed by atoms with Gasteiger partial charge < -0.3 is 19.9 Å². The number of amides is 1. The Balaban J connectivity index is 1.89. The summed E-state index contributed by atoms with van der Waals surface area (Å²) in [5.41, 5.74) is 0.838. The van der Waals surface area contributed by atoms with Gasteiger partial charge in [0, 0.05) is 12.6 Å². The number of carboxylic acids is 1. The monoisotopic (exact) mass is 379 g/mol. The molecule has 0 bridgehead atoms. The quantitative estimate of drug-likeness (QED) is 0.737. The van der Waals surface area contributed by atoms with Crippen molar-refractivity contribution in [1.82, 2.24) is 5.32 Å². The lowest BCUT2D eigenvalue weighted by Gasteiger charge is -2.15. The van der Waals surface area contributed by atoms with Gasteiger partial charge in [-0.05, 0) is 43.2 Å². The number of hydrogen-bond donors (Lipinski definition) is 2. The molecular weight excluding hydrogens is 360 g/mol. The Bertz CT molecular complexity index is 841. The van der Waals surface area contributed by atoms with Crippen LogP contribution in [0.4, 0.5) is 8.78 Å². The molecule has 2 aromatic carbocycles. The number of benzene rings is 2. The highest BCUT2D eigenvalue weighted by molar-refractivity contribution is 5.88. The molecule has 1 unspecified atom stereocenters. The molecule has 1 atom stereocenters. The number of carboxylic acid groups (broad SMARTS) is 1. The van der Waals surface area contributed by atoms with Crippen molar-refractivity contribution >= 4 is 11.9 Å². The highest BCUT2D eigenvalue weighted by Gasteiger charge is 2.16. The van der Waals surface area contributed by atoms with E-state index in [1.807, 2.05) is 0 Å². The third-order valence-corrected chi connectivity index (χ3v) is 3.80. The van der Waals surface area contributed by atoms with Crippen molar-refractivity contribution in [2.45, 2.75) is 19.4 Å². The molecule has 0 saturated heterocycles. The number of rotatable bonds is 8. The van der Waals surface area contributed by atoms with Gasteiger partial charge >= 0.3 is 5.97 Å². The standard InChI is InChI=1S/C19H19F2NO5/c1-11(27-14-5-6-15(20)16(21)10-14)18(23)22-8-7-12-3-4-13(19(24)25)9-17(12)26-2/h3-6,9-11H,7-8H2,1-2H3,(H,22,23)(H,24,25). The van der Waals surface area contributed by atoms with Crippen molar-refractivity contribution in [1.29, 1.82) is 0 Å². The molecule has 0 aliphatic rings. The van der Waals surface area contributed by atoms with E-state index in [4.69, 9.17) is 14.6 Å². The van der Waals surface area contributed by atoms with Crippen molar-refractivity contribution in [3.05, 3.63) is 59.2 Å². The fraction of sp³-hybridized carbons (Fsp3) is 0.263. The van der Waals surface area contributed by atoms with Crippen LogP contribution in [-0.2, 0) is 11.2 Å². The summed E-state index contributed by atoms with van der Waals surface area (Å²) in [5.74, 6) is -3.09. The number of aromatic carboxylic acids is 1. The number of nitrogens with one attached hydrogen (secondary N) is 1. The van der Waals surface area contributed by atoms with Crippen molar-refractivity contribution < 1.29 is 33.0 Å². The zero-order valence-electron chi connectivity index (χ0n) is 14.8. The maximum Gasteiger partial charge on any atom is 0.335 e. The van der Waals surface area contributed by atoms with E-state index in [0.29, 0.717) is 12.2 Å². The van der Waals surface area contributed by atoms with Crippen LogP contribution in [0.25, 0.3) is 0 Å². The third-order valence-electron chi connectivity index (χ3n) is 3.80. The average molecular weight is 379 g/mol. The molecule has 27 heavy (non-hydrogen) atoms. The molecular formula is C19H19F2NO5. The van der Waals surface area contributed by atoms with Crippen molar-refractivity contribution in [2.75, 3.05) is 13.7 Å². The van der Waals surface area contributed by atoms with Gasteiger partial charge in [0.1, 0.15) is 11.5 Å². The molecule has 0 heterocycles. The molecule has 0 fully saturated rings. The normalized spacial score (nSPS) is 11.6. The Morgan fingerprint density at radius 2 is 1.89 bits per heavy atom. The molecule has 0 saturated carbocycles. The fourth-order valence-corrected chi connectivity index (χ4v) is 2.36. The van der Waals surface area contributed by atoms with Crippen LogP contribution >= 0.6 is 0 Å². The Kier molecular flexibility index (Phi) is 6.70. The second-order valence-electron chi connectivity index (χ2n) is 5.71. The van der Waals surface area contributed by atoms with Crippen molar-refractivity contribution in [3.63, 3.8) is 0 Å². The molecule has 0 spiro atoms. The molecule has 1 amide bonds. The second kappa shape index (κ2) is 8.98. The first kappa shape index (κ1) is 20.2. The van der Waals surface area contributed by atoms with Crippen LogP contribution in [0.5, 0.6) is 11.5 Å². The summed E-state index contributed by atoms with van der Waals surface area (Å²) in [6.45, 7) is 1.74. The number of halogens is 2. The smallest absolute Gasteiger partial charge is 0.335 e. The van der Waals surface area contributed by atoms with Gasteiger partial charge in [0.15, 0.2) is 17.7 Å². The van der Waals surface area contributed by atoms with E-state index in [1.165, 1.54) is 32.2 Å². The van der Waals surface area contributed by atoms with E-state index < -0.39 is 29.6 Å². The lowest BCUT2D eigenvalue weighted by atomic mass is 10.1. The molecule has 2 rings (SSSR count). The van der Waals surface area contributed by atoms with Crippen LogP contribution in [-0.4, -0.2) is 36.7 Å². The molecule has 0 aromatic heterocycles. The van der Waals surface area contributed by atoms with Crippen LogP contribution in [0.15, 0.2) is 36.4 Å². The molecule has 2 aromatic rings. The zero-order chi connectivity index (χ0) is 20.0. The summed E-state index contributed by atoms with van der Waals surface area (Å²) in [4.78, 5) is 23.1. The highest BCUT2D eigenvalue weighted by atomic mass is 19.2. The lowest BCUT2D eigenvalue weighted by molar-refractivity contribution is -0.127. The maximum atomic E-state index is 13.2. The van der Waals surface area contributed by atoms with E-state index in [9.17, 15) is 18.4 Å². The molecule has 2 N–H and O–H groups in total. The van der Waals surface area contributed by atoms with Crippen LogP contribution < -0.4 is 14.8 Å². The Labute approximate surface area is 154 Å². The van der Waals surface area contributed by atoms with E-state index in [1.54, 1.807) is 6.07 Å². The Morgan fingerprint density at radius 3 is 2.52 bits per heavy atom. The third kappa shape index (κ3) is 5.40. The number of ether oxygens (including phenoxy) is 2. The predicted octanol–water partition coefficient (Wildman–Crippen LogP) is 2.80. The summed E-state index contributed by atoms with van der Waals surface area (Å²) in [5, 5.41) is 11.7. The van der Waals surface area contributed by atoms with Crippen molar-refractivity contribution in [3.8, 4) is 11.5 Å². The molecule has 0 aliphatic carbocycles. The first-order valence-corrected chi connectivity index (χ1v) is 8.11. The summed E-state index contributed by atoms with van der Waals surface area (Å²) < 4.78 is 36.5. The minimum Gasteiger partial charge on any atom is -0.496 e. The van der Waals surface area contributed by atoms with E-state index >= 15 is 0 Å². The van der Waals surface area contributed by atoms with Gasteiger partial charge in [-0.15, -0.1) is 0 Å². The minimum atomic E-state index is -1.06. The molecule has 8 heteroatoms. The number of carbonyl (C=O) groups is 2. The highest BCUT2D eigenvalue weighted by Crippen LogP contribution is 2.21. The molecule has 0 radical (unpaired) electrons. The van der Waals surface area contributed by atoms with Gasteiger partial charge in [0.25, 0.3) is 5.91 Å². The van der Waals surface area contributed by atoms with E-state index in [2.05, 4.69) is 5.32 Å². The first-order chi connectivity index (χ1) is 12.8. The molecule has 6 nitrogen and oxygen atoms in total. The zero-order valence-corrected chi connectivity index (χ0v) is 14.8. The molecule has 144 valence electrons. The summed E-state index contributed by atoms with van der Waals surface area (Å²) in [7, 11) is 1.43. The van der Waals surface area contributed by atoms with Gasteiger partial charge in [-0.3, -0.25) is 4.79 Å². The van der Waals surface area contributed by atoms with Gasteiger partial charge in [-0.25, -0.2) is 13.6 Å². The van der Waals surface area contributed by atoms with E-state index in [-0.39, 0.29) is 17.9 Å². The van der Waals surface area contributed by atoms with Crippen LogP contribution in [0.1, 0.15) is 22.8 Å². The number of carbonyl (C=O) groups excluding carboxylic acids is 1. The Hall–Kier alpha value is -3.16. The number of hydrogen-bond acceptors (Lipinski definition) is 4. The maximum absolute atomic E-state index is 13.2. The van der Waals surface area contributed by atoms with Crippen molar-refractivity contribution in [2.24, 2.45) is 0 Å². The van der Waals surface area contributed by atoms with Gasteiger partial charge in [-0.1, -0.05) is 6.07 Å². The topological polar surface area (TPSA) is 84.9 Å². The second-order valence-corrected chi connectivity index (χ2v) is 5.71. The largest absolute Gasteiger partial charge is 0.496 e. The lowest BCUT2D eigenvalue weighted by Crippen LogP contribution is -2.37. The van der Waals surface area contributed by atoms with Gasteiger partial charge in [-0.2, -0.15) is 0 Å². The van der Waals surface area contributed by atoms with Crippen LogP contribution in [0, 0.1) is 11.6 Å². The summed E-state index contributed by atoms with van der Waals surface area (Å²) in [6.07, 6.45) is -0.502. The van der Waals surface area contributed by atoms with E-state index in [0.717, 1.165) is 17.7 Å². The number of methoxy groups -OCH3 is 1. The fourth-order valence-electron chi connectivity index (χ4n) is 2.36. The summed E-state index contributed by atoms with van der Waals surface area (Å²) in [6, 6.07) is 7.51. The minimum absolute atomic E-state index is 0.0440. The predicted molar refractivity (Wildman–Crippen MR) is 93.1 cm³/mol. The SMILES string of the molecule is COc1cc(C(=O)O)ccc1CCNC(=O)C(C)Oc1ccc(F)c(F)c1. The van der Waals surface area contributed by atoms with Gasteiger partial charge in [0.2, 0.25) is 0 Å². The Morgan fingerprint density at radius 1 is 1.15 bits per heavy atom. The van der Waals surface area contributed by atoms with Gasteiger partial charge in [0.05, 0.1) is 12.7 Å². The first-order valence-electron chi connectivity index (χ1n) is 8.11. The van der Waals surface area contributed by atoms with Crippen LogP contribution in [0.2, 0.25) is 0 Å². The van der Waals surface area contributed by atoms with Crippen LogP contribution in [0.3, 0.4) is 0 Å². The average Bonchev–Trinajstić information content (AvgIpc) is 2.64. The molecule has 0 aliphatic heterocycles. The summed E-state index contributed by atoms with van der Waals surface area (Å²) >= 11 is 0.